The summed E-state index contributed by atoms with van der Waals surface area (Å²) in [5.41, 5.74) is 0.602. The molecule has 3 nitrogen and oxygen atoms in total. The van der Waals surface area contributed by atoms with Crippen LogP contribution in [0.4, 0.5) is 4.39 Å². The van der Waals surface area contributed by atoms with Gasteiger partial charge in [0.1, 0.15) is 5.82 Å². The molecule has 1 aromatic rings. The van der Waals surface area contributed by atoms with Crippen LogP contribution in [0.5, 0.6) is 0 Å². The largest absolute Gasteiger partial charge is 0.374 e. The fourth-order valence-electron chi connectivity index (χ4n) is 2.27. The van der Waals surface area contributed by atoms with Gasteiger partial charge in [0, 0.05) is 12.1 Å². The molecule has 2 unspecified atom stereocenters. The van der Waals surface area contributed by atoms with E-state index in [0.29, 0.717) is 24.9 Å². The van der Waals surface area contributed by atoms with Crippen LogP contribution in [0.1, 0.15) is 25.3 Å². The third kappa shape index (κ3) is 4.56. The van der Waals surface area contributed by atoms with E-state index >= 15 is 0 Å². The molecule has 4 heteroatoms. The highest BCUT2D eigenvalue weighted by Crippen LogP contribution is 2.20. The van der Waals surface area contributed by atoms with E-state index < -0.39 is 0 Å². The summed E-state index contributed by atoms with van der Waals surface area (Å²) in [6.45, 7) is 4.81. The summed E-state index contributed by atoms with van der Waals surface area (Å²) in [5, 5.41) is 3.28. The summed E-state index contributed by atoms with van der Waals surface area (Å²) < 4.78 is 24.8. The minimum atomic E-state index is -0.208. The number of ether oxygens (including phenoxy) is 2. The number of likely N-dealkylation sites (N-methyl/N-ethyl adjacent to an activating group) is 1. The summed E-state index contributed by atoms with van der Waals surface area (Å²) in [4.78, 5) is 0. The van der Waals surface area contributed by atoms with Gasteiger partial charge in [-0.3, -0.25) is 0 Å². The molecule has 1 aliphatic rings. The lowest BCUT2D eigenvalue weighted by Crippen LogP contribution is -2.27. The van der Waals surface area contributed by atoms with Crippen LogP contribution in [-0.4, -0.2) is 31.9 Å². The molecule has 106 valence electrons. The molecule has 1 aromatic carbocycles. The molecule has 1 heterocycles. The predicted molar refractivity (Wildman–Crippen MR) is 72.5 cm³/mol. The molecular weight excluding hydrogens is 245 g/mol. The lowest BCUT2D eigenvalue weighted by Gasteiger charge is -2.14. The minimum absolute atomic E-state index is 0.149. The Hall–Kier alpha value is -0.970. The fourth-order valence-corrected chi connectivity index (χ4v) is 2.27. The highest BCUT2D eigenvalue weighted by Gasteiger charge is 2.24. The fraction of sp³-hybridized carbons (Fsp3) is 0.600. The molecule has 19 heavy (non-hydrogen) atoms. The Kier molecular flexibility index (Phi) is 5.76. The van der Waals surface area contributed by atoms with Crippen molar-refractivity contribution in [2.75, 3.05) is 19.7 Å². The topological polar surface area (TPSA) is 30.5 Å². The zero-order valence-electron chi connectivity index (χ0n) is 11.4. The lowest BCUT2D eigenvalue weighted by molar-refractivity contribution is -0.0193. The molecule has 0 aliphatic carbocycles. The second kappa shape index (κ2) is 7.58. The maximum atomic E-state index is 13.4. The first-order chi connectivity index (χ1) is 9.29. The average Bonchev–Trinajstić information content (AvgIpc) is 2.86. The Labute approximate surface area is 114 Å². The Morgan fingerprint density at radius 2 is 2.11 bits per heavy atom. The van der Waals surface area contributed by atoms with Crippen LogP contribution in [0, 0.1) is 5.82 Å². The summed E-state index contributed by atoms with van der Waals surface area (Å²) in [6.07, 6.45) is 2.53. The maximum absolute atomic E-state index is 13.4. The Bertz CT molecular complexity index is 386. The van der Waals surface area contributed by atoms with Crippen molar-refractivity contribution < 1.29 is 13.9 Å². The van der Waals surface area contributed by atoms with Gasteiger partial charge in [-0.1, -0.05) is 25.1 Å². The first kappa shape index (κ1) is 14.4. The van der Waals surface area contributed by atoms with Crippen molar-refractivity contribution in [3.05, 3.63) is 35.6 Å². The van der Waals surface area contributed by atoms with Crippen molar-refractivity contribution >= 4 is 0 Å². The number of halogens is 1. The first-order valence-electron chi connectivity index (χ1n) is 6.97. The monoisotopic (exact) mass is 267 g/mol. The molecule has 2 atom stereocenters. The van der Waals surface area contributed by atoms with E-state index in [2.05, 4.69) is 12.2 Å². The zero-order chi connectivity index (χ0) is 13.5. The lowest BCUT2D eigenvalue weighted by atomic mass is 10.2. The van der Waals surface area contributed by atoms with E-state index in [4.69, 9.17) is 9.47 Å². The highest BCUT2D eigenvalue weighted by molar-refractivity contribution is 5.16. The van der Waals surface area contributed by atoms with Gasteiger partial charge >= 0.3 is 0 Å². The van der Waals surface area contributed by atoms with E-state index in [9.17, 15) is 4.39 Å². The van der Waals surface area contributed by atoms with Gasteiger partial charge in [0.15, 0.2) is 0 Å². The van der Waals surface area contributed by atoms with Crippen LogP contribution in [0.25, 0.3) is 0 Å². The standard InChI is InChI=1S/C15H22FNO2/c1-2-17-9-13-7-8-14(19-13)11-18-10-12-5-3-4-6-15(12)16/h3-6,13-14,17H,2,7-11H2,1H3. The van der Waals surface area contributed by atoms with Gasteiger partial charge in [-0.25, -0.2) is 4.39 Å². The molecule has 0 bridgehead atoms. The van der Waals surface area contributed by atoms with Crippen molar-refractivity contribution in [3.63, 3.8) is 0 Å². The number of nitrogens with one attached hydrogen (secondary N) is 1. The Morgan fingerprint density at radius 3 is 2.89 bits per heavy atom. The SMILES string of the molecule is CCNCC1CCC(COCc2ccccc2F)O1. The molecule has 1 fully saturated rings. The predicted octanol–water partition coefficient (Wildman–Crippen LogP) is 2.50. The molecule has 0 saturated carbocycles. The molecule has 0 aromatic heterocycles. The van der Waals surface area contributed by atoms with Crippen LogP contribution in [0.2, 0.25) is 0 Å². The van der Waals surface area contributed by atoms with Crippen LogP contribution < -0.4 is 5.32 Å². The van der Waals surface area contributed by atoms with Crippen LogP contribution in [0.15, 0.2) is 24.3 Å². The van der Waals surface area contributed by atoms with Crippen LogP contribution in [0.3, 0.4) is 0 Å². The van der Waals surface area contributed by atoms with E-state index in [1.807, 2.05) is 6.07 Å². The number of hydrogen-bond donors (Lipinski definition) is 1. The van der Waals surface area contributed by atoms with E-state index in [0.717, 1.165) is 25.9 Å². The third-order valence-corrected chi connectivity index (χ3v) is 3.34. The normalized spacial score (nSPS) is 22.8. The van der Waals surface area contributed by atoms with Crippen molar-refractivity contribution in [1.82, 2.24) is 5.32 Å². The van der Waals surface area contributed by atoms with Gasteiger partial charge in [0.05, 0.1) is 25.4 Å². The zero-order valence-corrected chi connectivity index (χ0v) is 11.4. The number of rotatable bonds is 7. The molecule has 1 aliphatic heterocycles. The average molecular weight is 267 g/mol. The van der Waals surface area contributed by atoms with Crippen molar-refractivity contribution in [2.24, 2.45) is 0 Å². The van der Waals surface area contributed by atoms with Crippen LogP contribution >= 0.6 is 0 Å². The second-order valence-corrected chi connectivity index (χ2v) is 4.87. The third-order valence-electron chi connectivity index (χ3n) is 3.34. The summed E-state index contributed by atoms with van der Waals surface area (Å²) in [5.74, 6) is -0.208. The molecule has 2 rings (SSSR count). The minimum Gasteiger partial charge on any atom is -0.374 e. The quantitative estimate of drug-likeness (QED) is 0.823. The number of benzene rings is 1. The Balaban J connectivity index is 1.66. The summed E-state index contributed by atoms with van der Waals surface area (Å²) in [6, 6.07) is 6.71. The molecule has 1 saturated heterocycles. The van der Waals surface area contributed by atoms with Gasteiger partial charge < -0.3 is 14.8 Å². The van der Waals surface area contributed by atoms with E-state index in [1.54, 1.807) is 12.1 Å². The first-order valence-corrected chi connectivity index (χ1v) is 6.97. The molecule has 0 amide bonds. The number of hydrogen-bond acceptors (Lipinski definition) is 3. The second-order valence-electron chi connectivity index (χ2n) is 4.87. The van der Waals surface area contributed by atoms with Gasteiger partial charge in [-0.05, 0) is 25.5 Å². The van der Waals surface area contributed by atoms with Gasteiger partial charge in [-0.15, -0.1) is 0 Å². The van der Waals surface area contributed by atoms with Crippen molar-refractivity contribution in [1.29, 1.82) is 0 Å². The smallest absolute Gasteiger partial charge is 0.128 e. The maximum Gasteiger partial charge on any atom is 0.128 e. The van der Waals surface area contributed by atoms with Crippen LogP contribution in [-0.2, 0) is 16.1 Å². The van der Waals surface area contributed by atoms with Gasteiger partial charge in [0.2, 0.25) is 0 Å². The van der Waals surface area contributed by atoms with Gasteiger partial charge in [0.25, 0.3) is 0 Å². The van der Waals surface area contributed by atoms with Crippen molar-refractivity contribution in [2.45, 2.75) is 38.6 Å². The van der Waals surface area contributed by atoms with Gasteiger partial charge in [-0.2, -0.15) is 0 Å². The van der Waals surface area contributed by atoms with Crippen molar-refractivity contribution in [3.8, 4) is 0 Å². The molecule has 0 radical (unpaired) electrons. The Morgan fingerprint density at radius 1 is 1.32 bits per heavy atom. The summed E-state index contributed by atoms with van der Waals surface area (Å²) >= 11 is 0. The van der Waals surface area contributed by atoms with E-state index in [-0.39, 0.29) is 11.9 Å². The van der Waals surface area contributed by atoms with E-state index in [1.165, 1.54) is 6.07 Å². The molecule has 0 spiro atoms. The molecule has 1 N–H and O–H groups in total. The highest BCUT2D eigenvalue weighted by atomic mass is 19.1. The molecular formula is C15H22FNO2. The summed E-state index contributed by atoms with van der Waals surface area (Å²) in [7, 11) is 0.